The molecule has 0 spiro atoms. The van der Waals surface area contributed by atoms with Gasteiger partial charge in [-0.1, -0.05) is 84.8 Å². The maximum atomic E-state index is 6.23. The Balaban J connectivity index is 2.18. The maximum Gasteiger partial charge on any atom is 0.101 e. The van der Waals surface area contributed by atoms with Crippen molar-refractivity contribution < 1.29 is 4.74 Å². The summed E-state index contributed by atoms with van der Waals surface area (Å²) in [5.41, 5.74) is 2.05. The Bertz CT molecular complexity index is 588. The van der Waals surface area contributed by atoms with E-state index in [1.54, 1.807) is 0 Å². The van der Waals surface area contributed by atoms with Gasteiger partial charge in [-0.3, -0.25) is 0 Å². The molecule has 0 N–H and O–H groups in total. The molecule has 0 saturated heterocycles. The Kier molecular flexibility index (Phi) is 6.08. The van der Waals surface area contributed by atoms with Gasteiger partial charge in [-0.25, -0.2) is 0 Å². The van der Waals surface area contributed by atoms with Crippen LogP contribution < -0.4 is 0 Å². The molecule has 0 aliphatic carbocycles. The molecular weight excluding hydrogens is 495 g/mol. The Hall–Kier alpha value is 0.0900. The summed E-state index contributed by atoms with van der Waals surface area (Å²) in [5.74, 6) is 0. The minimum Gasteiger partial charge on any atom is -0.365 e. The molecule has 0 aromatic heterocycles. The van der Waals surface area contributed by atoms with Crippen molar-refractivity contribution in [3.63, 3.8) is 0 Å². The Morgan fingerprint density at radius 2 is 1.85 bits per heavy atom. The van der Waals surface area contributed by atoms with Gasteiger partial charge in [0.1, 0.15) is 5.60 Å². The lowest BCUT2D eigenvalue weighted by molar-refractivity contribution is -0.0281. The van der Waals surface area contributed by atoms with E-state index < -0.39 is 0 Å². The van der Waals surface area contributed by atoms with Gasteiger partial charge in [-0.2, -0.15) is 0 Å². The summed E-state index contributed by atoms with van der Waals surface area (Å²) >= 11 is 9.49. The van der Waals surface area contributed by atoms with E-state index in [-0.39, 0.29) is 5.60 Å². The van der Waals surface area contributed by atoms with Gasteiger partial charge < -0.3 is 4.74 Å². The molecule has 0 aliphatic heterocycles. The van der Waals surface area contributed by atoms with Crippen molar-refractivity contribution in [1.82, 2.24) is 0 Å². The molecule has 2 rings (SSSR count). The number of hydrogen-bond acceptors (Lipinski definition) is 1. The fourth-order valence-electron chi connectivity index (χ4n) is 1.95. The molecule has 0 aliphatic rings. The summed E-state index contributed by atoms with van der Waals surface area (Å²) in [6.07, 6.45) is 0. The first kappa shape index (κ1) is 16.5. The largest absolute Gasteiger partial charge is 0.365 e. The van der Waals surface area contributed by atoms with Gasteiger partial charge in [-0.05, 0) is 36.2 Å². The van der Waals surface area contributed by atoms with Gasteiger partial charge in [0.2, 0.25) is 0 Å². The molecule has 2 aromatic carbocycles. The highest BCUT2D eigenvalue weighted by Gasteiger charge is 2.28. The summed E-state index contributed by atoms with van der Waals surface area (Å²) in [6.45, 7) is 2.73. The molecule has 0 bridgehead atoms. The van der Waals surface area contributed by atoms with E-state index in [1.165, 1.54) is 11.1 Å². The van der Waals surface area contributed by atoms with Crippen LogP contribution in [0.1, 0.15) is 18.1 Å². The van der Waals surface area contributed by atoms with Crippen molar-refractivity contribution in [2.45, 2.75) is 19.1 Å². The van der Waals surface area contributed by atoms with Crippen LogP contribution in [-0.4, -0.2) is 4.43 Å². The number of halogens is 3. The van der Waals surface area contributed by atoms with Crippen molar-refractivity contribution in [2.24, 2.45) is 0 Å². The molecule has 0 saturated carbocycles. The lowest BCUT2D eigenvalue weighted by atomic mass is 9.98. The molecule has 1 nitrogen and oxygen atoms in total. The topological polar surface area (TPSA) is 9.23 Å². The first-order chi connectivity index (χ1) is 9.55. The maximum absolute atomic E-state index is 6.23. The average Bonchev–Trinajstić information content (AvgIpc) is 2.45. The van der Waals surface area contributed by atoms with Crippen molar-refractivity contribution >= 4 is 54.5 Å². The summed E-state index contributed by atoms with van der Waals surface area (Å²) in [5, 5.41) is 0. The second-order valence-electron chi connectivity index (χ2n) is 4.76. The highest BCUT2D eigenvalue weighted by molar-refractivity contribution is 14.1. The van der Waals surface area contributed by atoms with E-state index in [2.05, 4.69) is 85.6 Å². The van der Waals surface area contributed by atoms with Crippen LogP contribution in [0.4, 0.5) is 0 Å². The van der Waals surface area contributed by atoms with E-state index in [0.29, 0.717) is 6.61 Å². The molecule has 0 fully saturated rings. The zero-order chi connectivity index (χ0) is 14.6. The quantitative estimate of drug-likeness (QED) is 0.351. The van der Waals surface area contributed by atoms with E-state index >= 15 is 0 Å². The Labute approximate surface area is 150 Å². The highest BCUT2D eigenvalue weighted by Crippen LogP contribution is 2.34. The third-order valence-electron chi connectivity index (χ3n) is 3.15. The van der Waals surface area contributed by atoms with Crippen molar-refractivity contribution in [3.05, 3.63) is 68.6 Å². The molecule has 2 aromatic rings. The predicted octanol–water partition coefficient (Wildman–Crippen LogP) is 6.08. The monoisotopic (exact) mass is 508 g/mol. The molecule has 20 heavy (non-hydrogen) atoms. The fraction of sp³-hybridized carbons (Fsp3) is 0.250. The lowest BCUT2D eigenvalue weighted by Crippen LogP contribution is -2.28. The molecule has 106 valence electrons. The molecule has 4 heteroatoms. The molecule has 1 unspecified atom stereocenters. The third kappa shape index (κ3) is 4.06. The van der Waals surface area contributed by atoms with E-state index in [9.17, 15) is 0 Å². The summed E-state index contributed by atoms with van der Waals surface area (Å²) in [7, 11) is 0. The van der Waals surface area contributed by atoms with Crippen LogP contribution in [0.2, 0.25) is 0 Å². The van der Waals surface area contributed by atoms with Gasteiger partial charge >= 0.3 is 0 Å². The SMILES string of the molecule is CC(CI)(OCc1cccc(Br)c1)c1ccccc1Br. The molecule has 0 heterocycles. The van der Waals surface area contributed by atoms with Gasteiger partial charge in [0, 0.05) is 13.4 Å². The molecular formula is C16H15Br2IO. The normalized spacial score (nSPS) is 14.0. The van der Waals surface area contributed by atoms with Gasteiger partial charge in [0.25, 0.3) is 0 Å². The van der Waals surface area contributed by atoms with Crippen LogP contribution >= 0.6 is 54.5 Å². The zero-order valence-corrected chi connectivity index (χ0v) is 16.4. The van der Waals surface area contributed by atoms with Gasteiger partial charge in [0.15, 0.2) is 0 Å². The predicted molar refractivity (Wildman–Crippen MR) is 99.3 cm³/mol. The van der Waals surface area contributed by atoms with Crippen LogP contribution in [0.3, 0.4) is 0 Å². The fourth-order valence-corrected chi connectivity index (χ4v) is 3.73. The molecule has 1 atom stereocenters. The number of hydrogen-bond donors (Lipinski definition) is 0. The number of alkyl halides is 1. The number of rotatable bonds is 5. The zero-order valence-electron chi connectivity index (χ0n) is 11.1. The van der Waals surface area contributed by atoms with Gasteiger partial charge in [-0.15, -0.1) is 0 Å². The second-order valence-corrected chi connectivity index (χ2v) is 7.30. The van der Waals surface area contributed by atoms with E-state index in [0.717, 1.165) is 13.4 Å². The standard InChI is InChI=1S/C16H15Br2IO/c1-16(11-19,14-7-2-3-8-15(14)18)20-10-12-5-4-6-13(17)9-12/h2-9H,10-11H2,1H3. The average molecular weight is 510 g/mol. The summed E-state index contributed by atoms with van der Waals surface area (Å²) < 4.78 is 9.29. The van der Waals surface area contributed by atoms with E-state index in [4.69, 9.17) is 4.74 Å². The van der Waals surface area contributed by atoms with Crippen molar-refractivity contribution in [1.29, 1.82) is 0 Å². The van der Waals surface area contributed by atoms with Gasteiger partial charge in [0.05, 0.1) is 6.61 Å². The smallest absolute Gasteiger partial charge is 0.101 e. The van der Waals surface area contributed by atoms with Crippen LogP contribution in [0.15, 0.2) is 57.5 Å². The lowest BCUT2D eigenvalue weighted by Gasteiger charge is -2.29. The summed E-state index contributed by atoms with van der Waals surface area (Å²) in [4.78, 5) is 0. The third-order valence-corrected chi connectivity index (χ3v) is 5.79. The second kappa shape index (κ2) is 7.38. The van der Waals surface area contributed by atoms with Crippen molar-refractivity contribution in [2.75, 3.05) is 4.43 Å². The summed E-state index contributed by atoms with van der Waals surface area (Å²) in [6, 6.07) is 16.5. The first-order valence-corrected chi connectivity index (χ1v) is 9.36. The van der Waals surface area contributed by atoms with Crippen LogP contribution in [0.5, 0.6) is 0 Å². The molecule has 0 radical (unpaired) electrons. The highest BCUT2D eigenvalue weighted by atomic mass is 127. The minimum atomic E-state index is -0.303. The van der Waals surface area contributed by atoms with Crippen LogP contribution in [0.25, 0.3) is 0 Å². The van der Waals surface area contributed by atoms with Crippen LogP contribution in [0, 0.1) is 0 Å². The Morgan fingerprint density at radius 1 is 1.10 bits per heavy atom. The Morgan fingerprint density at radius 3 is 2.50 bits per heavy atom. The first-order valence-electron chi connectivity index (χ1n) is 6.24. The molecule has 0 amide bonds. The van der Waals surface area contributed by atoms with Crippen molar-refractivity contribution in [3.8, 4) is 0 Å². The number of benzene rings is 2. The number of ether oxygens (including phenoxy) is 1. The van der Waals surface area contributed by atoms with E-state index in [1.807, 2.05) is 24.3 Å². The van der Waals surface area contributed by atoms with Crippen LogP contribution in [-0.2, 0) is 16.9 Å². The minimum absolute atomic E-state index is 0.303.